The first-order chi connectivity index (χ1) is 11.2. The number of hydrogen-bond acceptors (Lipinski definition) is 3. The lowest BCUT2D eigenvalue weighted by molar-refractivity contribution is -0.0352. The van der Waals surface area contributed by atoms with Gasteiger partial charge in [-0.05, 0) is 17.0 Å². The second-order valence-electron chi connectivity index (χ2n) is 7.95. The van der Waals surface area contributed by atoms with Gasteiger partial charge in [-0.2, -0.15) is 0 Å². The van der Waals surface area contributed by atoms with E-state index >= 15 is 0 Å². The summed E-state index contributed by atoms with van der Waals surface area (Å²) in [4.78, 5) is 25.7. The van der Waals surface area contributed by atoms with Gasteiger partial charge >= 0.3 is 6.09 Å². The minimum atomic E-state index is -0.907. The maximum Gasteiger partial charge on any atom is 0.407 e. The van der Waals surface area contributed by atoms with Gasteiger partial charge in [0.2, 0.25) is 0 Å². The molecule has 2 aliphatic heterocycles. The number of hydrogen-bond donors (Lipinski definition) is 1. The van der Waals surface area contributed by atoms with Crippen LogP contribution in [0.3, 0.4) is 0 Å². The zero-order chi connectivity index (χ0) is 17.7. The van der Waals surface area contributed by atoms with Crippen LogP contribution in [0.15, 0.2) is 18.2 Å². The monoisotopic (exact) mass is 331 g/mol. The Morgan fingerprint density at radius 1 is 1.29 bits per heavy atom. The topological polar surface area (TPSA) is 66.8 Å². The van der Waals surface area contributed by atoms with Crippen LogP contribution < -0.4 is 4.74 Å². The Morgan fingerprint density at radius 2 is 1.92 bits per heavy atom. The van der Waals surface area contributed by atoms with E-state index in [9.17, 15) is 9.59 Å². The van der Waals surface area contributed by atoms with Crippen molar-refractivity contribution in [1.82, 2.24) is 4.90 Å². The predicted octanol–water partition coefficient (Wildman–Crippen LogP) is 3.71. The van der Waals surface area contributed by atoms with Crippen molar-refractivity contribution in [2.45, 2.75) is 51.6 Å². The van der Waals surface area contributed by atoms with Crippen molar-refractivity contribution in [3.63, 3.8) is 0 Å². The summed E-state index contributed by atoms with van der Waals surface area (Å²) < 4.78 is 6.37. The van der Waals surface area contributed by atoms with Crippen molar-refractivity contribution in [1.29, 1.82) is 0 Å². The highest BCUT2D eigenvalue weighted by Gasteiger charge is 2.50. The van der Waals surface area contributed by atoms with Gasteiger partial charge in [-0.25, -0.2) is 4.79 Å². The summed E-state index contributed by atoms with van der Waals surface area (Å²) in [5, 5.41) is 9.14. The third-order valence-electron chi connectivity index (χ3n) is 5.46. The fourth-order valence-corrected chi connectivity index (χ4v) is 3.87. The molecule has 1 aromatic carbocycles. The minimum Gasteiger partial charge on any atom is -0.486 e. The number of nitrogens with zero attached hydrogens (tertiary/aromatic N) is 1. The first kappa shape index (κ1) is 16.8. The summed E-state index contributed by atoms with van der Waals surface area (Å²) in [7, 11) is 0. The van der Waals surface area contributed by atoms with Crippen molar-refractivity contribution < 1.29 is 19.4 Å². The molecule has 1 amide bonds. The van der Waals surface area contributed by atoms with Crippen LogP contribution in [-0.4, -0.2) is 40.6 Å². The maximum absolute atomic E-state index is 13.2. The fourth-order valence-electron chi connectivity index (χ4n) is 3.87. The fraction of sp³-hybridized carbons (Fsp3) is 0.579. The molecule has 1 unspecified atom stereocenters. The van der Waals surface area contributed by atoms with E-state index in [0.717, 1.165) is 5.56 Å². The van der Waals surface area contributed by atoms with Gasteiger partial charge in [0.1, 0.15) is 11.4 Å². The number of carboxylic acid groups (broad SMARTS) is 1. The van der Waals surface area contributed by atoms with Gasteiger partial charge in [-0.1, -0.05) is 39.8 Å². The van der Waals surface area contributed by atoms with E-state index < -0.39 is 11.7 Å². The summed E-state index contributed by atoms with van der Waals surface area (Å²) in [6.07, 6.45) is 0.187. The normalized spacial score (nSPS) is 22.9. The number of carbonyl (C=O) groups excluding carboxylic acids is 1. The molecule has 2 heterocycles. The van der Waals surface area contributed by atoms with Crippen molar-refractivity contribution in [3.8, 4) is 5.75 Å². The molecule has 0 radical (unpaired) electrons. The van der Waals surface area contributed by atoms with Gasteiger partial charge in [0.25, 0.3) is 0 Å². The Morgan fingerprint density at radius 3 is 2.46 bits per heavy atom. The molecule has 1 saturated heterocycles. The summed E-state index contributed by atoms with van der Waals surface area (Å²) in [5.41, 5.74) is 0.979. The van der Waals surface area contributed by atoms with Gasteiger partial charge in [0.15, 0.2) is 5.78 Å². The molecular formula is C19H25NO4. The molecule has 0 aliphatic carbocycles. The molecule has 5 nitrogen and oxygen atoms in total. The van der Waals surface area contributed by atoms with Crippen LogP contribution in [0.2, 0.25) is 0 Å². The van der Waals surface area contributed by atoms with Crippen LogP contribution >= 0.6 is 0 Å². The number of carbonyl (C=O) groups is 2. The molecule has 130 valence electrons. The minimum absolute atomic E-state index is 0.116. The highest BCUT2D eigenvalue weighted by molar-refractivity contribution is 6.03. The second-order valence-corrected chi connectivity index (χ2v) is 7.95. The predicted molar refractivity (Wildman–Crippen MR) is 90.8 cm³/mol. The third-order valence-corrected chi connectivity index (χ3v) is 5.46. The summed E-state index contributed by atoms with van der Waals surface area (Å²) in [6, 6.07) is 5.79. The highest BCUT2D eigenvalue weighted by Crippen LogP contribution is 2.45. The Balaban J connectivity index is 1.98. The zero-order valence-corrected chi connectivity index (χ0v) is 14.8. The smallest absolute Gasteiger partial charge is 0.407 e. The Labute approximate surface area is 142 Å². The van der Waals surface area contributed by atoms with Gasteiger partial charge in [-0.15, -0.1) is 0 Å². The van der Waals surface area contributed by atoms with Crippen LogP contribution in [0.4, 0.5) is 4.79 Å². The molecule has 3 rings (SSSR count). The van der Waals surface area contributed by atoms with Crippen molar-refractivity contribution in [3.05, 3.63) is 29.3 Å². The molecule has 1 atom stereocenters. The highest BCUT2D eigenvalue weighted by atomic mass is 16.5. The van der Waals surface area contributed by atoms with Crippen molar-refractivity contribution in [2.24, 2.45) is 5.92 Å². The standard InChI is InChI=1S/C19H25NO4/c1-12-16(21)15-13(18(2,3)4)6-5-7-14(15)24-19(12)8-10-20(11-9-19)17(22)23/h5-7,12H,8-11H2,1-4H3,(H,22,23). The third kappa shape index (κ3) is 2.56. The van der Waals surface area contributed by atoms with Gasteiger partial charge in [0.05, 0.1) is 11.5 Å². The molecule has 2 aliphatic rings. The van der Waals surface area contributed by atoms with Crippen LogP contribution in [-0.2, 0) is 5.41 Å². The van der Waals surface area contributed by atoms with Crippen LogP contribution in [0.25, 0.3) is 0 Å². The van der Waals surface area contributed by atoms with Gasteiger partial charge in [-0.3, -0.25) is 4.79 Å². The summed E-state index contributed by atoms with van der Waals surface area (Å²) in [6.45, 7) is 9.01. The average Bonchev–Trinajstić information content (AvgIpc) is 2.52. The number of Topliss-reactive ketones (excluding diaryl/α,β-unsaturated/α-hetero) is 1. The number of fused-ring (bicyclic) bond motifs is 1. The molecule has 1 aromatic rings. The maximum atomic E-state index is 13.2. The molecule has 0 bridgehead atoms. The molecule has 0 aromatic heterocycles. The van der Waals surface area contributed by atoms with E-state index in [1.54, 1.807) is 0 Å². The lowest BCUT2D eigenvalue weighted by atomic mass is 9.71. The Hall–Kier alpha value is -2.04. The largest absolute Gasteiger partial charge is 0.486 e. The molecule has 0 saturated carbocycles. The van der Waals surface area contributed by atoms with E-state index in [2.05, 4.69) is 20.8 Å². The molecule has 24 heavy (non-hydrogen) atoms. The Kier molecular flexibility index (Phi) is 3.85. The molecule has 1 fully saturated rings. The average molecular weight is 331 g/mol. The van der Waals surface area contributed by atoms with Gasteiger partial charge in [0, 0.05) is 25.9 Å². The van der Waals surface area contributed by atoms with E-state index in [-0.39, 0.29) is 17.1 Å². The van der Waals surface area contributed by atoms with Gasteiger partial charge < -0.3 is 14.7 Å². The summed E-state index contributed by atoms with van der Waals surface area (Å²) >= 11 is 0. The van der Waals surface area contributed by atoms with Crippen LogP contribution in [0.1, 0.15) is 56.5 Å². The van der Waals surface area contributed by atoms with Crippen molar-refractivity contribution >= 4 is 11.9 Å². The number of rotatable bonds is 0. The second kappa shape index (κ2) is 5.50. The molecule has 5 heteroatoms. The quantitative estimate of drug-likeness (QED) is 0.787. The number of piperidine rings is 1. The lowest BCUT2D eigenvalue weighted by Crippen LogP contribution is -2.56. The van der Waals surface area contributed by atoms with E-state index in [1.165, 1.54) is 4.90 Å². The number of ether oxygens (including phenoxy) is 1. The molecular weight excluding hydrogens is 306 g/mol. The van der Waals surface area contributed by atoms with Crippen LogP contribution in [0, 0.1) is 5.92 Å². The van der Waals surface area contributed by atoms with Crippen molar-refractivity contribution in [2.75, 3.05) is 13.1 Å². The number of benzene rings is 1. The first-order valence-corrected chi connectivity index (χ1v) is 8.50. The van der Waals surface area contributed by atoms with E-state index in [1.807, 2.05) is 25.1 Å². The van der Waals surface area contributed by atoms with E-state index in [4.69, 9.17) is 9.84 Å². The summed E-state index contributed by atoms with van der Waals surface area (Å²) in [5.74, 6) is 0.490. The molecule has 1 N–H and O–H groups in total. The first-order valence-electron chi connectivity index (χ1n) is 8.50. The van der Waals surface area contributed by atoms with E-state index in [0.29, 0.717) is 37.2 Å². The zero-order valence-electron chi connectivity index (χ0n) is 14.8. The SMILES string of the molecule is CC1C(=O)c2c(cccc2C(C)(C)C)OC12CCN(C(=O)O)CC2. The number of amides is 1. The molecule has 1 spiro atoms. The number of ketones is 1. The lowest BCUT2D eigenvalue weighted by Gasteiger charge is -2.47. The Bertz CT molecular complexity index is 681. The van der Waals surface area contributed by atoms with Crippen LogP contribution in [0.5, 0.6) is 5.75 Å². The number of likely N-dealkylation sites (tertiary alicyclic amines) is 1.